The average molecular weight is 651 g/mol. The minimum Gasteiger partial charge on any atom is -0.492 e. The highest BCUT2D eigenvalue weighted by Gasteiger charge is 2.11. The van der Waals surface area contributed by atoms with E-state index >= 15 is 0 Å². The maximum absolute atomic E-state index is 6.37. The lowest BCUT2D eigenvalue weighted by molar-refractivity contribution is 0.295. The molecule has 6 nitrogen and oxygen atoms in total. The Morgan fingerprint density at radius 3 is 1.06 bits per heavy atom. The van der Waals surface area contributed by atoms with Crippen LogP contribution in [0.1, 0.15) is 165 Å². The zero-order valence-electron chi connectivity index (χ0n) is 29.8. The first-order chi connectivity index (χ1) is 23.8. The molecule has 258 valence electrons. The lowest BCUT2D eigenvalue weighted by atomic mass is 10.1. The summed E-state index contributed by atoms with van der Waals surface area (Å²) in [5.74, 6) is 14.4. The van der Waals surface area contributed by atoms with Crippen molar-refractivity contribution < 1.29 is 9.47 Å². The van der Waals surface area contributed by atoms with Crippen molar-refractivity contribution in [1.29, 1.82) is 0 Å². The van der Waals surface area contributed by atoms with Gasteiger partial charge in [0, 0.05) is 36.9 Å². The number of ether oxygens (including phenoxy) is 2. The van der Waals surface area contributed by atoms with Crippen LogP contribution < -0.4 is 9.47 Å². The van der Waals surface area contributed by atoms with Crippen LogP contribution in [0.5, 0.6) is 11.5 Å². The SMILES string of the molecule is CCCCCCCCCCCCOc1cc(C#Cc2cncnc2)c(OCCCCCCCCCCCC)cc1C#Cc1cncnc1. The minimum atomic E-state index is 0.637. The molecular formula is C42H58N4O2. The first-order valence-corrected chi connectivity index (χ1v) is 18.8. The molecule has 0 saturated heterocycles. The van der Waals surface area contributed by atoms with Crippen LogP contribution >= 0.6 is 0 Å². The van der Waals surface area contributed by atoms with Gasteiger partial charge in [0.05, 0.1) is 35.5 Å². The molecule has 0 aliphatic rings. The van der Waals surface area contributed by atoms with Gasteiger partial charge in [-0.05, 0) is 12.8 Å². The molecule has 2 heterocycles. The summed E-state index contributed by atoms with van der Waals surface area (Å²) >= 11 is 0. The highest BCUT2D eigenvalue weighted by Crippen LogP contribution is 2.29. The number of rotatable bonds is 24. The molecule has 0 N–H and O–H groups in total. The molecule has 0 spiro atoms. The normalized spacial score (nSPS) is 10.5. The van der Waals surface area contributed by atoms with E-state index < -0.39 is 0 Å². The first kappa shape index (κ1) is 38.5. The van der Waals surface area contributed by atoms with Gasteiger partial charge < -0.3 is 9.47 Å². The summed E-state index contributed by atoms with van der Waals surface area (Å²) in [5, 5.41) is 0. The number of benzene rings is 1. The minimum absolute atomic E-state index is 0.637. The lowest BCUT2D eigenvalue weighted by Gasteiger charge is -2.14. The van der Waals surface area contributed by atoms with Crippen LogP contribution in [0, 0.1) is 23.7 Å². The average Bonchev–Trinajstić information content (AvgIpc) is 3.12. The van der Waals surface area contributed by atoms with Gasteiger partial charge in [0.25, 0.3) is 0 Å². The molecule has 0 aliphatic heterocycles. The van der Waals surface area contributed by atoms with Crippen LogP contribution in [-0.2, 0) is 0 Å². The smallest absolute Gasteiger partial charge is 0.136 e. The molecular weight excluding hydrogens is 592 g/mol. The van der Waals surface area contributed by atoms with Crippen LogP contribution in [0.2, 0.25) is 0 Å². The largest absolute Gasteiger partial charge is 0.492 e. The molecule has 0 aliphatic carbocycles. The van der Waals surface area contributed by atoms with E-state index in [0.717, 1.165) is 59.4 Å². The summed E-state index contributed by atoms with van der Waals surface area (Å²) in [5.41, 5.74) is 3.05. The molecule has 3 aromatic rings. The number of aromatic nitrogens is 4. The van der Waals surface area contributed by atoms with Crippen molar-refractivity contribution in [2.24, 2.45) is 0 Å². The molecule has 0 bridgehead atoms. The van der Waals surface area contributed by atoms with E-state index in [4.69, 9.17) is 9.47 Å². The molecule has 0 radical (unpaired) electrons. The Morgan fingerprint density at radius 1 is 0.417 bits per heavy atom. The lowest BCUT2D eigenvalue weighted by Crippen LogP contribution is -2.03. The third kappa shape index (κ3) is 17.3. The van der Waals surface area contributed by atoms with Gasteiger partial charge >= 0.3 is 0 Å². The fraction of sp³-hybridized carbons (Fsp3) is 0.571. The van der Waals surface area contributed by atoms with Gasteiger partial charge in [-0.15, -0.1) is 0 Å². The van der Waals surface area contributed by atoms with Crippen LogP contribution in [0.25, 0.3) is 0 Å². The van der Waals surface area contributed by atoms with Crippen molar-refractivity contribution in [3.8, 4) is 35.2 Å². The molecule has 3 rings (SSSR count). The van der Waals surface area contributed by atoms with Crippen LogP contribution in [0.3, 0.4) is 0 Å². The van der Waals surface area contributed by atoms with Gasteiger partial charge in [-0.2, -0.15) is 0 Å². The fourth-order valence-corrected chi connectivity index (χ4v) is 5.54. The van der Waals surface area contributed by atoms with Crippen LogP contribution in [0.4, 0.5) is 0 Å². The number of nitrogens with zero attached hydrogens (tertiary/aromatic N) is 4. The van der Waals surface area contributed by atoms with E-state index in [1.54, 1.807) is 24.8 Å². The van der Waals surface area contributed by atoms with Gasteiger partial charge in [0.2, 0.25) is 0 Å². The third-order valence-electron chi connectivity index (χ3n) is 8.40. The molecule has 6 heteroatoms. The van der Waals surface area contributed by atoms with E-state index in [9.17, 15) is 0 Å². The molecule has 0 amide bonds. The van der Waals surface area contributed by atoms with Gasteiger partial charge in [-0.3, -0.25) is 0 Å². The van der Waals surface area contributed by atoms with E-state index in [1.165, 1.54) is 115 Å². The van der Waals surface area contributed by atoms with Crippen LogP contribution in [0.15, 0.2) is 49.6 Å². The standard InChI is InChI=1S/C42H58N4O2/c1-3-5-7-9-11-13-15-17-19-21-27-47-41-29-40(26-24-38-33-45-36-46-34-38)42(30-39(41)25-23-37-31-43-35-44-32-37)48-28-22-20-18-16-14-12-10-8-6-4-2/h29-36H,3-22,27-28H2,1-2H3. The summed E-state index contributed by atoms with van der Waals surface area (Å²) in [6.45, 7) is 5.81. The van der Waals surface area contributed by atoms with Gasteiger partial charge in [-0.1, -0.05) is 153 Å². The molecule has 2 aromatic heterocycles. The van der Waals surface area contributed by atoms with Gasteiger partial charge in [-0.25, -0.2) is 19.9 Å². The Hall–Kier alpha value is -3.90. The van der Waals surface area contributed by atoms with Crippen LogP contribution in [-0.4, -0.2) is 33.1 Å². The van der Waals surface area contributed by atoms with Crippen molar-refractivity contribution in [3.63, 3.8) is 0 Å². The summed E-state index contributed by atoms with van der Waals surface area (Å²) in [6.07, 6.45) is 35.6. The first-order valence-electron chi connectivity index (χ1n) is 18.8. The predicted molar refractivity (Wildman–Crippen MR) is 197 cm³/mol. The third-order valence-corrected chi connectivity index (χ3v) is 8.40. The van der Waals surface area contributed by atoms with Gasteiger partial charge in [0.1, 0.15) is 24.2 Å². The summed E-state index contributed by atoms with van der Waals surface area (Å²) in [4.78, 5) is 16.4. The number of unbranched alkanes of at least 4 members (excludes halogenated alkanes) is 18. The molecule has 0 atom stereocenters. The number of hydrogen-bond acceptors (Lipinski definition) is 6. The molecule has 48 heavy (non-hydrogen) atoms. The quantitative estimate of drug-likeness (QED) is 0.0710. The Balaban J connectivity index is 1.64. The maximum Gasteiger partial charge on any atom is 0.136 e. The second-order valence-electron chi connectivity index (χ2n) is 12.7. The van der Waals surface area contributed by atoms with Crippen molar-refractivity contribution in [3.05, 3.63) is 71.8 Å². The second-order valence-corrected chi connectivity index (χ2v) is 12.7. The predicted octanol–water partition coefficient (Wildman–Crippen LogP) is 10.7. The van der Waals surface area contributed by atoms with E-state index in [2.05, 4.69) is 57.5 Å². The van der Waals surface area contributed by atoms with Crippen molar-refractivity contribution >= 4 is 0 Å². The highest BCUT2D eigenvalue weighted by atomic mass is 16.5. The van der Waals surface area contributed by atoms with Crippen molar-refractivity contribution in [2.75, 3.05) is 13.2 Å². The second kappa shape index (κ2) is 26.1. The van der Waals surface area contributed by atoms with E-state index in [-0.39, 0.29) is 0 Å². The highest BCUT2D eigenvalue weighted by molar-refractivity contribution is 5.60. The topological polar surface area (TPSA) is 70.0 Å². The monoisotopic (exact) mass is 650 g/mol. The van der Waals surface area contributed by atoms with Crippen molar-refractivity contribution in [2.45, 2.75) is 142 Å². The molecule has 0 saturated carbocycles. The molecule has 1 aromatic carbocycles. The van der Waals surface area contributed by atoms with Crippen molar-refractivity contribution in [1.82, 2.24) is 19.9 Å². The summed E-state index contributed by atoms with van der Waals surface area (Å²) in [7, 11) is 0. The Morgan fingerprint density at radius 2 is 0.729 bits per heavy atom. The maximum atomic E-state index is 6.37. The number of hydrogen-bond donors (Lipinski definition) is 0. The summed E-state index contributed by atoms with van der Waals surface area (Å²) in [6, 6.07) is 3.96. The fourth-order valence-electron chi connectivity index (χ4n) is 5.54. The molecule has 0 unspecified atom stereocenters. The molecule has 0 fully saturated rings. The van der Waals surface area contributed by atoms with E-state index in [1.807, 2.05) is 12.1 Å². The van der Waals surface area contributed by atoms with Gasteiger partial charge in [0.15, 0.2) is 0 Å². The zero-order valence-corrected chi connectivity index (χ0v) is 29.8. The Labute approximate surface area is 291 Å². The summed E-state index contributed by atoms with van der Waals surface area (Å²) < 4.78 is 12.7. The zero-order chi connectivity index (χ0) is 33.7. The van der Waals surface area contributed by atoms with E-state index in [0.29, 0.717) is 13.2 Å². The Bertz CT molecular complexity index is 1270. The Kier molecular flexibility index (Phi) is 21.0.